The van der Waals surface area contributed by atoms with Crippen LogP contribution in [0.5, 0.6) is 5.75 Å². The number of nitrogens with zero attached hydrogens (tertiary/aromatic N) is 3. The van der Waals surface area contributed by atoms with Gasteiger partial charge in [-0.3, -0.25) is 4.98 Å². The first-order valence-corrected chi connectivity index (χ1v) is 8.60. The van der Waals surface area contributed by atoms with Crippen LogP contribution in [-0.4, -0.2) is 15.1 Å². The first kappa shape index (κ1) is 16.8. The van der Waals surface area contributed by atoms with Crippen molar-refractivity contribution in [2.45, 2.75) is 13.2 Å². The zero-order chi connectivity index (χ0) is 18.3. The van der Waals surface area contributed by atoms with Crippen molar-refractivity contribution in [3.8, 4) is 17.2 Å². The second-order valence-corrected chi connectivity index (χ2v) is 5.94. The summed E-state index contributed by atoms with van der Waals surface area (Å²) in [4.78, 5) is 8.43. The third kappa shape index (κ3) is 4.49. The highest BCUT2D eigenvalue weighted by Crippen LogP contribution is 2.19. The molecule has 0 amide bonds. The first-order chi connectivity index (χ1) is 13.4. The summed E-state index contributed by atoms with van der Waals surface area (Å²) < 4.78 is 11.0. The summed E-state index contributed by atoms with van der Waals surface area (Å²) in [6.45, 7) is 1.09. The lowest BCUT2D eigenvalue weighted by Gasteiger charge is -2.07. The number of hydrogen-bond donors (Lipinski definition) is 1. The van der Waals surface area contributed by atoms with E-state index in [2.05, 4.69) is 20.4 Å². The van der Waals surface area contributed by atoms with Gasteiger partial charge in [0.25, 0.3) is 11.8 Å². The van der Waals surface area contributed by atoms with Crippen molar-refractivity contribution in [1.29, 1.82) is 0 Å². The van der Waals surface area contributed by atoms with Crippen molar-refractivity contribution < 1.29 is 9.26 Å². The van der Waals surface area contributed by atoms with Crippen molar-refractivity contribution in [1.82, 2.24) is 15.1 Å². The van der Waals surface area contributed by atoms with Gasteiger partial charge in [-0.05, 0) is 41.1 Å². The number of ether oxygens (including phenoxy) is 1. The van der Waals surface area contributed by atoms with E-state index in [1.807, 2.05) is 66.7 Å². The summed E-state index contributed by atoms with van der Waals surface area (Å²) in [7, 11) is 0. The molecule has 1 N–H and O–H groups in total. The molecule has 2 aromatic heterocycles. The van der Waals surface area contributed by atoms with Crippen LogP contribution in [0.2, 0.25) is 0 Å². The van der Waals surface area contributed by atoms with Crippen LogP contribution in [0.4, 0.5) is 5.95 Å². The molecule has 2 heterocycles. The molecule has 134 valence electrons. The smallest absolute Gasteiger partial charge is 0.264 e. The zero-order valence-electron chi connectivity index (χ0n) is 14.6. The van der Waals surface area contributed by atoms with Gasteiger partial charge in [0.05, 0.1) is 0 Å². The van der Waals surface area contributed by atoms with E-state index in [1.165, 1.54) is 0 Å². The Kier molecular flexibility index (Phi) is 5.06. The molecule has 2 aromatic carbocycles. The maximum Gasteiger partial charge on any atom is 0.264 e. The van der Waals surface area contributed by atoms with Crippen LogP contribution >= 0.6 is 0 Å². The molecule has 4 aromatic rings. The minimum absolute atomic E-state index is 0.464. The summed E-state index contributed by atoms with van der Waals surface area (Å²) in [6, 6.07) is 21.5. The number of aromatic nitrogens is 3. The molecule has 4 rings (SSSR count). The number of rotatable bonds is 7. The fraction of sp³-hybridized carbons (Fsp3) is 0.0952. The van der Waals surface area contributed by atoms with Crippen molar-refractivity contribution in [2.24, 2.45) is 0 Å². The van der Waals surface area contributed by atoms with Gasteiger partial charge in [-0.1, -0.05) is 36.4 Å². The summed E-state index contributed by atoms with van der Waals surface area (Å²) in [5.74, 6) is 1.77. The van der Waals surface area contributed by atoms with E-state index in [9.17, 15) is 0 Å². The second kappa shape index (κ2) is 8.14. The van der Waals surface area contributed by atoms with Gasteiger partial charge in [0, 0.05) is 30.1 Å². The number of nitrogens with one attached hydrogen (secondary N) is 1. The van der Waals surface area contributed by atoms with E-state index in [0.29, 0.717) is 25.0 Å². The van der Waals surface area contributed by atoms with Crippen LogP contribution < -0.4 is 10.1 Å². The summed E-state index contributed by atoms with van der Waals surface area (Å²) in [6.07, 6.45) is 3.55. The molecule has 6 nitrogen and oxygen atoms in total. The third-order valence-electron chi connectivity index (χ3n) is 3.95. The molecule has 0 radical (unpaired) electrons. The van der Waals surface area contributed by atoms with Gasteiger partial charge in [0.15, 0.2) is 0 Å². The molecule has 0 bridgehead atoms. The molecule has 0 aliphatic carbocycles. The standard InChI is InChI=1S/C21H18N4O2/c1-2-6-18(7-3-1)20-24-21(25-27-20)23-14-16-8-10-19(11-9-16)26-15-17-5-4-12-22-13-17/h1-13H,14-15H2,(H,23,25). The van der Waals surface area contributed by atoms with E-state index in [1.54, 1.807) is 12.4 Å². The van der Waals surface area contributed by atoms with Crippen molar-refractivity contribution in [3.05, 3.63) is 90.3 Å². The molecule has 0 atom stereocenters. The van der Waals surface area contributed by atoms with Crippen molar-refractivity contribution in [3.63, 3.8) is 0 Å². The average Bonchev–Trinajstić information content (AvgIpc) is 3.22. The highest BCUT2D eigenvalue weighted by Gasteiger charge is 2.07. The number of benzene rings is 2. The Bertz CT molecular complexity index is 970. The van der Waals surface area contributed by atoms with Gasteiger partial charge in [-0.15, -0.1) is 0 Å². The SMILES string of the molecule is c1ccc(-c2nc(NCc3ccc(OCc4cccnc4)cc3)no2)cc1. The Morgan fingerprint density at radius 2 is 1.74 bits per heavy atom. The number of anilines is 1. The topological polar surface area (TPSA) is 73.1 Å². The molecule has 27 heavy (non-hydrogen) atoms. The normalized spacial score (nSPS) is 10.5. The Hall–Kier alpha value is -3.67. The van der Waals surface area contributed by atoms with Crippen LogP contribution in [0.25, 0.3) is 11.5 Å². The molecule has 0 saturated carbocycles. The van der Waals surface area contributed by atoms with Crippen molar-refractivity contribution >= 4 is 5.95 Å². The van der Waals surface area contributed by atoms with Gasteiger partial charge in [0.2, 0.25) is 0 Å². The fourth-order valence-electron chi connectivity index (χ4n) is 2.53. The van der Waals surface area contributed by atoms with Gasteiger partial charge in [-0.25, -0.2) is 0 Å². The Morgan fingerprint density at radius 3 is 2.52 bits per heavy atom. The minimum atomic E-state index is 0.464. The monoisotopic (exact) mass is 358 g/mol. The first-order valence-electron chi connectivity index (χ1n) is 8.60. The molecule has 0 aliphatic rings. The highest BCUT2D eigenvalue weighted by atomic mass is 16.5. The maximum atomic E-state index is 5.76. The Balaban J connectivity index is 1.31. The summed E-state index contributed by atoms with van der Waals surface area (Å²) in [5, 5.41) is 7.12. The van der Waals surface area contributed by atoms with Gasteiger partial charge in [0.1, 0.15) is 12.4 Å². The highest BCUT2D eigenvalue weighted by molar-refractivity contribution is 5.53. The van der Waals surface area contributed by atoms with E-state index in [-0.39, 0.29) is 0 Å². The second-order valence-electron chi connectivity index (χ2n) is 5.94. The van der Waals surface area contributed by atoms with E-state index < -0.39 is 0 Å². The van der Waals surface area contributed by atoms with Gasteiger partial charge in [-0.2, -0.15) is 4.98 Å². The number of pyridine rings is 1. The Labute approximate surface area is 156 Å². The van der Waals surface area contributed by atoms with Crippen LogP contribution in [0.15, 0.2) is 83.6 Å². The average molecular weight is 358 g/mol. The molecular formula is C21H18N4O2. The zero-order valence-corrected chi connectivity index (χ0v) is 14.6. The molecular weight excluding hydrogens is 340 g/mol. The van der Waals surface area contributed by atoms with E-state index in [4.69, 9.17) is 9.26 Å². The largest absolute Gasteiger partial charge is 0.489 e. The minimum Gasteiger partial charge on any atom is -0.489 e. The molecule has 0 unspecified atom stereocenters. The van der Waals surface area contributed by atoms with Crippen LogP contribution in [-0.2, 0) is 13.2 Å². The summed E-state index contributed by atoms with van der Waals surface area (Å²) >= 11 is 0. The van der Waals surface area contributed by atoms with Crippen LogP contribution in [0.3, 0.4) is 0 Å². The summed E-state index contributed by atoms with van der Waals surface area (Å²) in [5.41, 5.74) is 3.03. The van der Waals surface area contributed by atoms with Crippen LogP contribution in [0, 0.1) is 0 Å². The van der Waals surface area contributed by atoms with Crippen LogP contribution in [0.1, 0.15) is 11.1 Å². The molecule has 6 heteroatoms. The maximum absolute atomic E-state index is 5.76. The lowest BCUT2D eigenvalue weighted by molar-refractivity contribution is 0.305. The predicted molar refractivity (Wildman–Crippen MR) is 102 cm³/mol. The number of hydrogen-bond acceptors (Lipinski definition) is 6. The molecule has 0 saturated heterocycles. The quantitative estimate of drug-likeness (QED) is 0.530. The third-order valence-corrected chi connectivity index (χ3v) is 3.95. The lowest BCUT2D eigenvalue weighted by Crippen LogP contribution is -2.01. The molecule has 0 fully saturated rings. The van der Waals surface area contributed by atoms with Crippen molar-refractivity contribution in [2.75, 3.05) is 5.32 Å². The van der Waals surface area contributed by atoms with E-state index in [0.717, 1.165) is 22.4 Å². The lowest BCUT2D eigenvalue weighted by atomic mass is 10.2. The Morgan fingerprint density at radius 1 is 0.889 bits per heavy atom. The van der Waals surface area contributed by atoms with E-state index >= 15 is 0 Å². The van der Waals surface area contributed by atoms with Gasteiger partial charge < -0.3 is 14.6 Å². The van der Waals surface area contributed by atoms with Gasteiger partial charge >= 0.3 is 0 Å². The molecule has 0 aliphatic heterocycles. The predicted octanol–water partition coefficient (Wildman–Crippen LogP) is 4.32. The molecule has 0 spiro atoms. The fourth-order valence-corrected chi connectivity index (χ4v) is 2.53.